The van der Waals surface area contributed by atoms with E-state index < -0.39 is 0 Å². The number of aromatic nitrogens is 2. The SMILES string of the molecule is CC(C)Oc1ccc(-c2nnc(C3C=CC=C4CCCC43)s2)cc1N. The van der Waals surface area contributed by atoms with Crippen LogP contribution >= 0.6 is 11.3 Å². The van der Waals surface area contributed by atoms with Gasteiger partial charge in [0.1, 0.15) is 15.8 Å². The van der Waals surface area contributed by atoms with Crippen molar-refractivity contribution in [3.63, 3.8) is 0 Å². The highest BCUT2D eigenvalue weighted by molar-refractivity contribution is 7.14. The molecule has 1 aromatic carbocycles. The predicted octanol–water partition coefficient (Wildman–Crippen LogP) is 4.95. The summed E-state index contributed by atoms with van der Waals surface area (Å²) in [4.78, 5) is 0. The molecule has 1 aromatic heterocycles. The molecule has 2 aliphatic carbocycles. The van der Waals surface area contributed by atoms with Gasteiger partial charge < -0.3 is 10.5 Å². The lowest BCUT2D eigenvalue weighted by molar-refractivity contribution is 0.244. The third-order valence-electron chi connectivity index (χ3n) is 4.86. The standard InChI is InChI=1S/C20H23N3OS/c1-12(2)24-18-10-9-14(11-17(18)21)19-22-23-20(25-19)16-8-4-6-13-5-3-7-15(13)16/h4,6,8-12,15-16H,3,5,7,21H2,1-2H3. The van der Waals surface area contributed by atoms with Crippen molar-refractivity contribution in [1.82, 2.24) is 10.2 Å². The summed E-state index contributed by atoms with van der Waals surface area (Å²) in [5.74, 6) is 1.70. The van der Waals surface area contributed by atoms with Crippen LogP contribution in [0.4, 0.5) is 5.69 Å². The molecule has 0 saturated heterocycles. The summed E-state index contributed by atoms with van der Waals surface area (Å²) in [6.07, 6.45) is 10.6. The Kier molecular flexibility index (Phi) is 4.34. The fourth-order valence-electron chi connectivity index (χ4n) is 3.73. The number of allylic oxidation sites excluding steroid dienone is 4. The number of rotatable bonds is 4. The van der Waals surface area contributed by atoms with Gasteiger partial charge in [0.25, 0.3) is 0 Å². The van der Waals surface area contributed by atoms with Crippen LogP contribution in [0.15, 0.2) is 42.0 Å². The first kappa shape index (κ1) is 16.3. The minimum Gasteiger partial charge on any atom is -0.489 e. The van der Waals surface area contributed by atoms with Crippen LogP contribution in [0.5, 0.6) is 5.75 Å². The van der Waals surface area contributed by atoms with Gasteiger partial charge in [0, 0.05) is 11.5 Å². The van der Waals surface area contributed by atoms with E-state index >= 15 is 0 Å². The zero-order chi connectivity index (χ0) is 17.4. The molecule has 0 spiro atoms. The fraction of sp³-hybridized carbons (Fsp3) is 0.400. The average Bonchev–Trinajstić information content (AvgIpc) is 3.24. The molecule has 4 rings (SSSR count). The first-order chi connectivity index (χ1) is 12.1. The molecule has 0 amide bonds. The normalized spacial score (nSPS) is 22.1. The number of nitrogens with two attached hydrogens (primary N) is 1. The van der Waals surface area contributed by atoms with E-state index in [0.717, 1.165) is 21.3 Å². The van der Waals surface area contributed by atoms with E-state index in [0.29, 0.717) is 17.5 Å². The first-order valence-electron chi connectivity index (χ1n) is 8.89. The molecule has 2 unspecified atom stereocenters. The van der Waals surface area contributed by atoms with Crippen molar-refractivity contribution >= 4 is 17.0 Å². The first-order valence-corrected chi connectivity index (χ1v) is 9.70. The Bertz CT molecular complexity index is 837. The van der Waals surface area contributed by atoms with E-state index in [1.165, 1.54) is 19.3 Å². The van der Waals surface area contributed by atoms with E-state index in [1.54, 1.807) is 16.9 Å². The van der Waals surface area contributed by atoms with Crippen molar-refractivity contribution in [2.45, 2.75) is 45.1 Å². The highest BCUT2D eigenvalue weighted by Crippen LogP contribution is 2.45. The molecule has 25 heavy (non-hydrogen) atoms. The monoisotopic (exact) mass is 353 g/mol. The largest absolute Gasteiger partial charge is 0.489 e. The van der Waals surface area contributed by atoms with Gasteiger partial charge in [0.15, 0.2) is 0 Å². The molecule has 1 heterocycles. The van der Waals surface area contributed by atoms with E-state index in [4.69, 9.17) is 10.5 Å². The molecule has 2 aliphatic rings. The second kappa shape index (κ2) is 6.64. The number of nitrogens with zero attached hydrogens (tertiary/aromatic N) is 2. The van der Waals surface area contributed by atoms with Gasteiger partial charge in [-0.3, -0.25) is 0 Å². The van der Waals surface area contributed by atoms with E-state index in [2.05, 4.69) is 28.4 Å². The van der Waals surface area contributed by atoms with Crippen LogP contribution < -0.4 is 10.5 Å². The summed E-state index contributed by atoms with van der Waals surface area (Å²) >= 11 is 1.67. The number of hydrogen-bond acceptors (Lipinski definition) is 5. The molecule has 2 N–H and O–H groups in total. The minimum absolute atomic E-state index is 0.105. The lowest BCUT2D eigenvalue weighted by Crippen LogP contribution is -2.11. The Morgan fingerprint density at radius 3 is 2.96 bits per heavy atom. The number of ether oxygens (including phenoxy) is 1. The Labute approximate surface area is 152 Å². The van der Waals surface area contributed by atoms with Crippen LogP contribution in [-0.2, 0) is 0 Å². The molecular formula is C20H23N3OS. The van der Waals surface area contributed by atoms with Gasteiger partial charge in [-0.05, 0) is 57.2 Å². The number of benzene rings is 1. The molecule has 4 nitrogen and oxygen atoms in total. The van der Waals surface area contributed by atoms with Crippen LogP contribution in [0, 0.1) is 5.92 Å². The van der Waals surface area contributed by atoms with Crippen molar-refractivity contribution in [1.29, 1.82) is 0 Å². The van der Waals surface area contributed by atoms with E-state index in [1.807, 2.05) is 32.0 Å². The molecule has 0 aliphatic heterocycles. The van der Waals surface area contributed by atoms with Gasteiger partial charge >= 0.3 is 0 Å². The maximum atomic E-state index is 6.14. The molecule has 0 radical (unpaired) electrons. The average molecular weight is 353 g/mol. The molecule has 1 fully saturated rings. The number of nitrogen functional groups attached to an aromatic ring is 1. The summed E-state index contributed by atoms with van der Waals surface area (Å²) in [7, 11) is 0. The Hall–Kier alpha value is -2.14. The summed E-state index contributed by atoms with van der Waals surface area (Å²) in [6, 6.07) is 5.86. The van der Waals surface area contributed by atoms with Crippen LogP contribution in [0.1, 0.15) is 44.0 Å². The molecule has 2 atom stereocenters. The second-order valence-corrected chi connectivity index (χ2v) is 8.02. The van der Waals surface area contributed by atoms with Crippen molar-refractivity contribution in [3.8, 4) is 16.3 Å². The third-order valence-corrected chi connectivity index (χ3v) is 5.94. The van der Waals surface area contributed by atoms with Gasteiger partial charge in [0.05, 0.1) is 11.8 Å². The summed E-state index contributed by atoms with van der Waals surface area (Å²) in [5.41, 5.74) is 9.35. The molecular weight excluding hydrogens is 330 g/mol. The quantitative estimate of drug-likeness (QED) is 0.790. The maximum Gasteiger partial charge on any atom is 0.147 e. The Morgan fingerprint density at radius 2 is 2.16 bits per heavy atom. The zero-order valence-electron chi connectivity index (χ0n) is 14.6. The van der Waals surface area contributed by atoms with Crippen molar-refractivity contribution in [2.24, 2.45) is 5.92 Å². The molecule has 2 aromatic rings. The Morgan fingerprint density at radius 1 is 1.28 bits per heavy atom. The van der Waals surface area contributed by atoms with E-state index in [-0.39, 0.29) is 6.10 Å². The summed E-state index contributed by atoms with van der Waals surface area (Å²) < 4.78 is 5.71. The molecule has 0 bridgehead atoms. The molecule has 1 saturated carbocycles. The highest BCUT2D eigenvalue weighted by atomic mass is 32.1. The zero-order valence-corrected chi connectivity index (χ0v) is 15.4. The van der Waals surface area contributed by atoms with Crippen LogP contribution in [0.3, 0.4) is 0 Å². The summed E-state index contributed by atoms with van der Waals surface area (Å²) in [6.45, 7) is 3.99. The van der Waals surface area contributed by atoms with E-state index in [9.17, 15) is 0 Å². The number of hydrogen-bond donors (Lipinski definition) is 1. The Balaban J connectivity index is 1.58. The van der Waals surface area contributed by atoms with Gasteiger partial charge in [-0.2, -0.15) is 0 Å². The number of fused-ring (bicyclic) bond motifs is 1. The summed E-state index contributed by atoms with van der Waals surface area (Å²) in [5, 5.41) is 10.9. The van der Waals surface area contributed by atoms with Crippen LogP contribution in [-0.4, -0.2) is 16.3 Å². The second-order valence-electron chi connectivity index (χ2n) is 7.02. The molecule has 5 heteroatoms. The van der Waals surface area contributed by atoms with Crippen LogP contribution in [0.2, 0.25) is 0 Å². The van der Waals surface area contributed by atoms with Gasteiger partial charge in [-0.15, -0.1) is 10.2 Å². The van der Waals surface area contributed by atoms with Gasteiger partial charge in [0.2, 0.25) is 0 Å². The minimum atomic E-state index is 0.105. The van der Waals surface area contributed by atoms with Crippen LogP contribution in [0.25, 0.3) is 10.6 Å². The third kappa shape index (κ3) is 3.21. The lowest BCUT2D eigenvalue weighted by atomic mass is 9.84. The van der Waals surface area contributed by atoms with Gasteiger partial charge in [-0.25, -0.2) is 0 Å². The lowest BCUT2D eigenvalue weighted by Gasteiger charge is -2.22. The topological polar surface area (TPSA) is 61.0 Å². The van der Waals surface area contributed by atoms with Crippen molar-refractivity contribution in [3.05, 3.63) is 47.0 Å². The highest BCUT2D eigenvalue weighted by Gasteiger charge is 2.32. The maximum absolute atomic E-state index is 6.14. The number of anilines is 1. The fourth-order valence-corrected chi connectivity index (χ4v) is 4.72. The van der Waals surface area contributed by atoms with Gasteiger partial charge in [-0.1, -0.05) is 35.1 Å². The smallest absolute Gasteiger partial charge is 0.147 e. The van der Waals surface area contributed by atoms with Crippen molar-refractivity contribution < 1.29 is 4.74 Å². The predicted molar refractivity (Wildman–Crippen MR) is 103 cm³/mol. The molecule has 130 valence electrons. The van der Waals surface area contributed by atoms with Crippen molar-refractivity contribution in [2.75, 3.05) is 5.73 Å².